The molecule has 43 heavy (non-hydrogen) atoms. The Morgan fingerprint density at radius 3 is 1.33 bits per heavy atom. The quantitative estimate of drug-likeness (QED) is 0.289. The van der Waals surface area contributed by atoms with Crippen LogP contribution in [0, 0.1) is 0 Å². The van der Waals surface area contributed by atoms with Crippen LogP contribution in [0.5, 0.6) is 0 Å². The van der Waals surface area contributed by atoms with Crippen molar-refractivity contribution in [3.05, 3.63) is 0 Å². The van der Waals surface area contributed by atoms with Crippen molar-refractivity contribution in [3.63, 3.8) is 0 Å². The number of nitrogens with one attached hydrogen (secondary N) is 4. The topological polar surface area (TPSA) is 107 Å². The minimum atomic E-state index is -0.409. The molecule has 3 fully saturated rings. The van der Waals surface area contributed by atoms with Gasteiger partial charge in [-0.25, -0.2) is 9.59 Å². The summed E-state index contributed by atoms with van der Waals surface area (Å²) in [6.07, 6.45) is 6.07. The first-order valence-corrected chi connectivity index (χ1v) is 17.7. The van der Waals surface area contributed by atoms with Crippen LogP contribution in [0.15, 0.2) is 0 Å². The maximum Gasteiger partial charge on any atom is 0.407 e. The zero-order chi connectivity index (χ0) is 32.9. The van der Waals surface area contributed by atoms with Gasteiger partial charge in [0.1, 0.15) is 11.2 Å². The van der Waals surface area contributed by atoms with Crippen LogP contribution in [0.25, 0.3) is 0 Å². The second-order valence-electron chi connectivity index (χ2n) is 13.3. The molecule has 0 radical (unpaired) electrons. The van der Waals surface area contributed by atoms with Gasteiger partial charge < -0.3 is 40.5 Å². The minimum absolute atomic E-state index is 0.270. The number of carbonyl (C=O) groups excluding carboxylic acids is 2. The average molecular weight is 680 g/mol. The largest absolute Gasteiger partial charge is 0.444 e. The van der Waals surface area contributed by atoms with Gasteiger partial charge >= 0.3 is 12.2 Å². The van der Waals surface area contributed by atoms with Gasteiger partial charge in [-0.3, -0.25) is 0 Å². The molecule has 0 aromatic rings. The normalized spacial score (nSPS) is 19.3. The highest BCUT2D eigenvalue weighted by molar-refractivity contribution is 9.09. The molecule has 3 heterocycles. The number of rotatable bonds is 5. The van der Waals surface area contributed by atoms with E-state index in [2.05, 4.69) is 67.9 Å². The molecule has 0 saturated carbocycles. The highest BCUT2D eigenvalue weighted by Gasteiger charge is 2.23. The zero-order valence-corrected chi connectivity index (χ0v) is 30.8. The molecule has 3 aliphatic rings. The number of hydrogen-bond acceptors (Lipinski definition) is 8. The van der Waals surface area contributed by atoms with E-state index in [-0.39, 0.29) is 24.3 Å². The van der Waals surface area contributed by atoms with E-state index in [1.807, 2.05) is 48.5 Å². The molecule has 10 nitrogen and oxygen atoms in total. The summed E-state index contributed by atoms with van der Waals surface area (Å²) in [6.45, 7) is 26.7. The van der Waals surface area contributed by atoms with E-state index < -0.39 is 11.2 Å². The van der Waals surface area contributed by atoms with Crippen LogP contribution in [0.1, 0.15) is 101 Å². The van der Waals surface area contributed by atoms with Gasteiger partial charge in [0.25, 0.3) is 0 Å². The third kappa shape index (κ3) is 23.9. The van der Waals surface area contributed by atoms with Crippen LogP contribution in [0.4, 0.5) is 9.59 Å². The number of carbonyl (C=O) groups is 2. The molecule has 0 unspecified atom stereocenters. The number of alkyl carbamates (subject to hydrolysis) is 2. The van der Waals surface area contributed by atoms with Crippen LogP contribution in [-0.2, 0) is 9.47 Å². The van der Waals surface area contributed by atoms with E-state index in [0.717, 1.165) is 69.8 Å². The summed E-state index contributed by atoms with van der Waals surface area (Å²) < 4.78 is 10.4. The van der Waals surface area contributed by atoms with Crippen molar-refractivity contribution in [1.82, 2.24) is 31.1 Å². The van der Waals surface area contributed by atoms with E-state index in [1.165, 1.54) is 32.5 Å². The van der Waals surface area contributed by atoms with Gasteiger partial charge in [-0.1, -0.05) is 36.7 Å². The molecule has 0 aromatic heterocycles. The number of nitrogens with zero attached hydrogens (tertiary/aromatic N) is 2. The van der Waals surface area contributed by atoms with Crippen molar-refractivity contribution in [2.24, 2.45) is 0 Å². The summed E-state index contributed by atoms with van der Waals surface area (Å²) >= 11 is 3.15. The van der Waals surface area contributed by atoms with Gasteiger partial charge in [-0.05, 0) is 126 Å². The first-order chi connectivity index (χ1) is 20.2. The van der Waals surface area contributed by atoms with E-state index in [9.17, 15) is 9.59 Å². The molecular weight excluding hydrogens is 612 g/mol. The number of ether oxygens (including phenoxy) is 2. The van der Waals surface area contributed by atoms with Crippen LogP contribution in [0.3, 0.4) is 0 Å². The van der Waals surface area contributed by atoms with E-state index >= 15 is 0 Å². The van der Waals surface area contributed by atoms with Crippen molar-refractivity contribution in [2.45, 2.75) is 130 Å². The lowest BCUT2D eigenvalue weighted by Gasteiger charge is -2.32. The number of alkyl halides is 1. The second-order valence-corrected chi connectivity index (χ2v) is 14.4. The van der Waals surface area contributed by atoms with Gasteiger partial charge in [0.15, 0.2) is 0 Å². The molecule has 3 saturated heterocycles. The number of halogens is 1. The fourth-order valence-corrected chi connectivity index (χ4v) is 4.85. The first kappa shape index (κ1) is 41.9. The van der Waals surface area contributed by atoms with Crippen molar-refractivity contribution in [2.75, 3.05) is 64.7 Å². The van der Waals surface area contributed by atoms with Crippen LogP contribution >= 0.6 is 15.9 Å². The molecule has 2 amide bonds. The third-order valence-electron chi connectivity index (χ3n) is 7.26. The summed E-state index contributed by atoms with van der Waals surface area (Å²) in [6, 6.07) is 1.33. The van der Waals surface area contributed by atoms with E-state index in [4.69, 9.17) is 9.47 Å². The Kier molecular flexibility index (Phi) is 22.6. The summed E-state index contributed by atoms with van der Waals surface area (Å²) in [7, 11) is 2.06. The Hall–Kier alpha value is -1.14. The van der Waals surface area contributed by atoms with Crippen molar-refractivity contribution in [3.8, 4) is 0 Å². The van der Waals surface area contributed by atoms with Gasteiger partial charge in [-0.2, -0.15) is 0 Å². The lowest BCUT2D eigenvalue weighted by atomic mass is 10.1. The Balaban J connectivity index is 0.000000600. The van der Waals surface area contributed by atoms with Gasteiger partial charge in [-0.15, -0.1) is 0 Å². The highest BCUT2D eigenvalue weighted by Crippen LogP contribution is 2.12. The van der Waals surface area contributed by atoms with E-state index in [0.29, 0.717) is 0 Å². The Morgan fingerprint density at radius 1 is 0.698 bits per heavy atom. The summed E-state index contributed by atoms with van der Waals surface area (Å²) in [5.74, 6) is 0. The maximum atomic E-state index is 11.5. The van der Waals surface area contributed by atoms with Crippen molar-refractivity contribution in [1.29, 1.82) is 0 Å². The fraction of sp³-hybridized carbons (Fsp3) is 0.938. The molecule has 3 aliphatic heterocycles. The van der Waals surface area contributed by atoms with Crippen molar-refractivity contribution >= 4 is 28.1 Å². The molecule has 0 aliphatic carbocycles. The molecule has 0 bridgehead atoms. The second kappa shape index (κ2) is 23.2. The third-order valence-corrected chi connectivity index (χ3v) is 7.26. The summed E-state index contributed by atoms with van der Waals surface area (Å²) in [5.41, 5.74) is -0.814. The standard InChI is InChI=1S/C12H24N2O2.C10H20N2O2.C8H18N2.C2H5Br/c1-5-14-8-6-10(7-9-14)13-11(15)16-12(2,3)4;1-10(2,3)14-9(13)12-8-4-6-11-7-5-8;1-3-10-6-4-8(9-2)5-7-10;1-2-3/h10H,5-9H2,1-4H3,(H,13,15);8,11H,4-7H2,1-3H3,(H,12,13);8-9H,3-7H2,1-2H3;2H2,1H3. The first-order valence-electron chi connectivity index (χ1n) is 16.5. The van der Waals surface area contributed by atoms with Gasteiger partial charge in [0.2, 0.25) is 0 Å². The molecule has 0 spiro atoms. The molecule has 4 N–H and O–H groups in total. The Morgan fingerprint density at radius 2 is 1.02 bits per heavy atom. The van der Waals surface area contributed by atoms with Gasteiger partial charge in [0, 0.05) is 36.5 Å². The molecular formula is C32H67BrN6O4. The molecule has 11 heteroatoms. The van der Waals surface area contributed by atoms with Gasteiger partial charge in [0.05, 0.1) is 0 Å². The number of likely N-dealkylation sites (tertiary alicyclic amines) is 2. The Bertz CT molecular complexity index is 698. The number of amides is 2. The molecule has 0 aromatic carbocycles. The summed E-state index contributed by atoms with van der Waals surface area (Å²) in [4.78, 5) is 27.8. The number of piperidine rings is 3. The number of hydrogen-bond donors (Lipinski definition) is 4. The monoisotopic (exact) mass is 678 g/mol. The average Bonchev–Trinajstić information content (AvgIpc) is 2.93. The molecule has 0 atom stereocenters. The Labute approximate surface area is 272 Å². The lowest BCUT2D eigenvalue weighted by molar-refractivity contribution is 0.0473. The smallest absolute Gasteiger partial charge is 0.407 e. The molecule has 3 rings (SSSR count). The van der Waals surface area contributed by atoms with Crippen molar-refractivity contribution < 1.29 is 19.1 Å². The SMILES string of the molecule is CC(C)(C)OC(=O)NC1CCNCC1.CCBr.CCN1CCC(NC(=O)OC(C)(C)C)CC1.CCN1CCC(NC)CC1. The summed E-state index contributed by atoms with van der Waals surface area (Å²) in [5, 5.41) is 13.4. The fourth-order valence-electron chi connectivity index (χ4n) is 4.85. The lowest BCUT2D eigenvalue weighted by Crippen LogP contribution is -2.45. The maximum absolute atomic E-state index is 11.5. The van der Waals surface area contributed by atoms with E-state index in [1.54, 1.807) is 0 Å². The molecule has 256 valence electrons. The van der Waals surface area contributed by atoms with Crippen LogP contribution in [0.2, 0.25) is 0 Å². The predicted molar refractivity (Wildman–Crippen MR) is 183 cm³/mol. The van der Waals surface area contributed by atoms with Crippen LogP contribution < -0.4 is 21.3 Å². The minimum Gasteiger partial charge on any atom is -0.444 e. The highest BCUT2D eigenvalue weighted by atomic mass is 79.9. The predicted octanol–water partition coefficient (Wildman–Crippen LogP) is 5.35. The van der Waals surface area contributed by atoms with Crippen LogP contribution in [-0.4, -0.2) is 116 Å². The zero-order valence-electron chi connectivity index (χ0n) is 29.2.